The van der Waals surface area contributed by atoms with Gasteiger partial charge in [-0.1, -0.05) is 12.1 Å². The number of rotatable bonds is 7. The number of hydrogen-bond acceptors (Lipinski definition) is 5. The first-order valence-electron chi connectivity index (χ1n) is 11.0. The average molecular weight is 399 g/mol. The largest absolute Gasteiger partial charge is 0.389 e. The number of piperazine rings is 1. The molecule has 0 radical (unpaired) electrons. The van der Waals surface area contributed by atoms with Crippen molar-refractivity contribution in [1.82, 2.24) is 10.2 Å². The van der Waals surface area contributed by atoms with E-state index in [0.29, 0.717) is 0 Å². The quantitative estimate of drug-likeness (QED) is 0.738. The summed E-state index contributed by atoms with van der Waals surface area (Å²) in [6.45, 7) is 7.18. The summed E-state index contributed by atoms with van der Waals surface area (Å²) in [4.78, 5) is 16.5. The molecule has 2 fully saturated rings. The van der Waals surface area contributed by atoms with E-state index in [1.54, 1.807) is 0 Å². The summed E-state index contributed by atoms with van der Waals surface area (Å²) in [6, 6.07) is 10.4. The number of anilines is 1. The molecule has 1 atom stereocenters. The number of aliphatic hydroxyl groups is 1. The van der Waals surface area contributed by atoms with Gasteiger partial charge in [-0.2, -0.15) is 5.26 Å². The van der Waals surface area contributed by atoms with Gasteiger partial charge in [-0.25, -0.2) is 0 Å². The zero-order chi connectivity index (χ0) is 20.6. The first kappa shape index (κ1) is 21.6. The fourth-order valence-corrected chi connectivity index (χ4v) is 4.52. The lowest BCUT2D eigenvalue weighted by atomic mass is 9.84. The Morgan fingerprint density at radius 2 is 1.97 bits per heavy atom. The lowest BCUT2D eigenvalue weighted by molar-refractivity contribution is -0.121. The molecule has 0 spiro atoms. The van der Waals surface area contributed by atoms with Crippen molar-refractivity contribution in [3.63, 3.8) is 0 Å². The maximum Gasteiger partial charge on any atom is 0.234 e. The van der Waals surface area contributed by atoms with E-state index in [1.807, 2.05) is 25.1 Å². The molecular weight excluding hydrogens is 364 g/mol. The Morgan fingerprint density at radius 3 is 2.62 bits per heavy atom. The predicted molar refractivity (Wildman–Crippen MR) is 114 cm³/mol. The fourth-order valence-electron chi connectivity index (χ4n) is 4.52. The molecule has 1 saturated carbocycles. The Kier molecular flexibility index (Phi) is 7.91. The molecule has 29 heavy (non-hydrogen) atoms. The Labute approximate surface area is 174 Å². The zero-order valence-electron chi connectivity index (χ0n) is 17.5. The molecule has 158 valence electrons. The van der Waals surface area contributed by atoms with Crippen LogP contribution in [0.5, 0.6) is 0 Å². The van der Waals surface area contributed by atoms with Gasteiger partial charge in [0.2, 0.25) is 5.91 Å². The molecule has 6 nitrogen and oxygen atoms in total. The number of aliphatic hydroxyl groups excluding tert-OH is 1. The van der Waals surface area contributed by atoms with Crippen molar-refractivity contribution in [2.45, 2.75) is 57.6 Å². The third kappa shape index (κ3) is 6.45. The van der Waals surface area contributed by atoms with Crippen LogP contribution in [0.1, 0.15) is 57.1 Å². The molecule has 0 bridgehead atoms. The summed E-state index contributed by atoms with van der Waals surface area (Å²) in [5.41, 5.74) is 2.18. The van der Waals surface area contributed by atoms with Crippen LogP contribution in [-0.2, 0) is 4.79 Å². The SMILES string of the molecule is CC(O)c1cccc(N2CCN(CC[C@H]3CC[C@H](NC(=O)CC#N)CC3)CC2)c1. The van der Waals surface area contributed by atoms with E-state index in [-0.39, 0.29) is 18.4 Å². The standard InChI is InChI=1S/C23H34N4O2/c1-18(28)20-3-2-4-22(17-20)27-15-13-26(14-16-27)12-10-19-5-7-21(8-6-19)25-23(29)9-11-24/h2-4,17-19,21,28H,5-10,12-16H2,1H3,(H,25,29)/t18?,19-,21-. The van der Waals surface area contributed by atoms with Crippen LogP contribution >= 0.6 is 0 Å². The highest BCUT2D eigenvalue weighted by atomic mass is 16.3. The molecule has 1 unspecified atom stereocenters. The Balaban J connectivity index is 1.35. The first-order valence-corrected chi connectivity index (χ1v) is 11.0. The van der Waals surface area contributed by atoms with Gasteiger partial charge in [-0.05, 0) is 69.2 Å². The van der Waals surface area contributed by atoms with Crippen LogP contribution in [-0.4, -0.2) is 54.7 Å². The number of carbonyl (C=O) groups is 1. The summed E-state index contributed by atoms with van der Waals surface area (Å²) in [6.07, 6.45) is 5.19. The minimum atomic E-state index is -0.425. The maximum absolute atomic E-state index is 11.5. The highest BCUT2D eigenvalue weighted by Crippen LogP contribution is 2.28. The molecule has 2 N–H and O–H groups in total. The molecule has 1 aliphatic carbocycles. The van der Waals surface area contributed by atoms with Gasteiger partial charge < -0.3 is 15.3 Å². The number of benzene rings is 1. The van der Waals surface area contributed by atoms with Crippen molar-refractivity contribution < 1.29 is 9.90 Å². The summed E-state index contributed by atoms with van der Waals surface area (Å²) < 4.78 is 0. The fraction of sp³-hybridized carbons (Fsp3) is 0.652. The number of nitrogens with zero attached hydrogens (tertiary/aromatic N) is 3. The zero-order valence-corrected chi connectivity index (χ0v) is 17.5. The Hall–Kier alpha value is -2.10. The van der Waals surface area contributed by atoms with Gasteiger partial charge in [-0.15, -0.1) is 0 Å². The van der Waals surface area contributed by atoms with Crippen LogP contribution in [0, 0.1) is 17.2 Å². The van der Waals surface area contributed by atoms with Gasteiger partial charge in [0.1, 0.15) is 6.42 Å². The van der Waals surface area contributed by atoms with E-state index < -0.39 is 6.10 Å². The van der Waals surface area contributed by atoms with Crippen LogP contribution in [0.2, 0.25) is 0 Å². The summed E-state index contributed by atoms with van der Waals surface area (Å²) >= 11 is 0. The number of nitrogens with one attached hydrogen (secondary N) is 1. The molecule has 3 rings (SSSR count). The predicted octanol–water partition coefficient (Wildman–Crippen LogP) is 2.84. The van der Waals surface area contributed by atoms with Gasteiger partial charge in [-0.3, -0.25) is 9.69 Å². The van der Waals surface area contributed by atoms with Crippen LogP contribution < -0.4 is 10.2 Å². The lowest BCUT2D eigenvalue weighted by Gasteiger charge is -2.37. The van der Waals surface area contributed by atoms with Crippen molar-refractivity contribution in [3.8, 4) is 6.07 Å². The van der Waals surface area contributed by atoms with E-state index >= 15 is 0 Å². The van der Waals surface area contributed by atoms with E-state index in [0.717, 1.165) is 57.0 Å². The topological polar surface area (TPSA) is 79.6 Å². The minimum Gasteiger partial charge on any atom is -0.389 e. The van der Waals surface area contributed by atoms with Crippen molar-refractivity contribution in [3.05, 3.63) is 29.8 Å². The second-order valence-electron chi connectivity index (χ2n) is 8.51. The highest BCUT2D eigenvalue weighted by Gasteiger charge is 2.24. The number of hydrogen-bond donors (Lipinski definition) is 2. The van der Waals surface area contributed by atoms with Crippen LogP contribution in [0.3, 0.4) is 0 Å². The monoisotopic (exact) mass is 398 g/mol. The molecule has 1 saturated heterocycles. The molecule has 0 aromatic heterocycles. The third-order valence-corrected chi connectivity index (χ3v) is 6.40. The number of nitriles is 1. The molecule has 2 aliphatic rings. The van der Waals surface area contributed by atoms with Crippen LogP contribution in [0.25, 0.3) is 0 Å². The van der Waals surface area contributed by atoms with Gasteiger partial charge >= 0.3 is 0 Å². The van der Waals surface area contributed by atoms with Crippen molar-refractivity contribution in [2.75, 3.05) is 37.6 Å². The van der Waals surface area contributed by atoms with Gasteiger partial charge in [0.05, 0.1) is 12.2 Å². The molecule has 1 aliphatic heterocycles. The maximum atomic E-state index is 11.5. The van der Waals surface area contributed by atoms with E-state index in [2.05, 4.69) is 27.2 Å². The van der Waals surface area contributed by atoms with Crippen molar-refractivity contribution in [1.29, 1.82) is 5.26 Å². The molecule has 1 aromatic carbocycles. The Morgan fingerprint density at radius 1 is 1.24 bits per heavy atom. The minimum absolute atomic E-state index is 0.0325. The van der Waals surface area contributed by atoms with Gasteiger partial charge in [0.15, 0.2) is 0 Å². The van der Waals surface area contributed by atoms with Crippen molar-refractivity contribution in [2.24, 2.45) is 5.92 Å². The number of amides is 1. The summed E-state index contributed by atoms with van der Waals surface area (Å²) in [5, 5.41) is 21.4. The molecular formula is C23H34N4O2. The molecule has 1 heterocycles. The smallest absolute Gasteiger partial charge is 0.234 e. The summed E-state index contributed by atoms with van der Waals surface area (Å²) in [5.74, 6) is 0.618. The second kappa shape index (κ2) is 10.6. The van der Waals surface area contributed by atoms with Crippen LogP contribution in [0.4, 0.5) is 5.69 Å². The van der Waals surface area contributed by atoms with Gasteiger partial charge in [0.25, 0.3) is 0 Å². The van der Waals surface area contributed by atoms with Crippen LogP contribution in [0.15, 0.2) is 24.3 Å². The second-order valence-corrected chi connectivity index (χ2v) is 8.51. The lowest BCUT2D eigenvalue weighted by Crippen LogP contribution is -2.47. The molecule has 6 heteroatoms. The average Bonchev–Trinajstić information content (AvgIpc) is 2.74. The summed E-state index contributed by atoms with van der Waals surface area (Å²) in [7, 11) is 0. The molecule has 1 aromatic rings. The van der Waals surface area contributed by atoms with E-state index in [1.165, 1.54) is 24.9 Å². The number of carbonyl (C=O) groups excluding carboxylic acids is 1. The van der Waals surface area contributed by atoms with Crippen molar-refractivity contribution >= 4 is 11.6 Å². The normalized spacial score (nSPS) is 24.0. The third-order valence-electron chi connectivity index (χ3n) is 6.40. The highest BCUT2D eigenvalue weighted by molar-refractivity contribution is 5.78. The van der Waals surface area contributed by atoms with Gasteiger partial charge in [0, 0.05) is 37.9 Å². The van der Waals surface area contributed by atoms with E-state index in [4.69, 9.17) is 5.26 Å². The molecule has 1 amide bonds. The van der Waals surface area contributed by atoms with E-state index in [9.17, 15) is 9.90 Å². The Bertz CT molecular complexity index is 699. The first-order chi connectivity index (χ1) is 14.0.